The fourth-order valence-corrected chi connectivity index (χ4v) is 3.47. The summed E-state index contributed by atoms with van der Waals surface area (Å²) in [7, 11) is 1.39. The number of methoxy groups -OCH3 is 1. The lowest BCUT2D eigenvalue weighted by Crippen LogP contribution is -2.45. The molecule has 0 saturated heterocycles. The number of carbonyl (C=O) groups excluding carboxylic acids is 2. The average Bonchev–Trinajstić information content (AvgIpc) is 2.97. The van der Waals surface area contributed by atoms with Gasteiger partial charge in [0.15, 0.2) is 0 Å². The first-order valence-corrected chi connectivity index (χ1v) is 6.49. The molecule has 4 heteroatoms. The van der Waals surface area contributed by atoms with Crippen LogP contribution < -0.4 is 0 Å². The highest BCUT2D eigenvalue weighted by Gasteiger charge is 2.59. The maximum atomic E-state index is 12.2. The predicted molar refractivity (Wildman–Crippen MR) is 65.6 cm³/mol. The summed E-state index contributed by atoms with van der Waals surface area (Å²) in [6, 6.07) is 0. The number of allylic oxidation sites excluding steroid dienone is 2. The first-order chi connectivity index (χ1) is 8.56. The van der Waals surface area contributed by atoms with E-state index in [0.29, 0.717) is 18.9 Å². The summed E-state index contributed by atoms with van der Waals surface area (Å²) in [5, 5.41) is 0. The van der Waals surface area contributed by atoms with Gasteiger partial charge in [-0.2, -0.15) is 0 Å². The van der Waals surface area contributed by atoms with Crippen molar-refractivity contribution < 1.29 is 19.1 Å². The minimum absolute atomic E-state index is 0.106. The van der Waals surface area contributed by atoms with Crippen molar-refractivity contribution in [2.45, 2.75) is 26.7 Å². The molecule has 2 bridgehead atoms. The Morgan fingerprint density at radius 1 is 1.44 bits per heavy atom. The van der Waals surface area contributed by atoms with Crippen molar-refractivity contribution in [3.8, 4) is 0 Å². The van der Waals surface area contributed by atoms with Crippen molar-refractivity contribution in [1.29, 1.82) is 0 Å². The minimum Gasteiger partial charge on any atom is -0.469 e. The minimum atomic E-state index is -0.722. The van der Waals surface area contributed by atoms with Crippen LogP contribution in [0.5, 0.6) is 0 Å². The first kappa shape index (κ1) is 13.1. The monoisotopic (exact) mass is 252 g/mol. The second-order valence-corrected chi connectivity index (χ2v) is 5.20. The van der Waals surface area contributed by atoms with Crippen LogP contribution in [0, 0.1) is 23.2 Å². The second-order valence-electron chi connectivity index (χ2n) is 5.20. The van der Waals surface area contributed by atoms with Gasteiger partial charge >= 0.3 is 11.9 Å². The third-order valence-corrected chi connectivity index (χ3v) is 4.41. The maximum absolute atomic E-state index is 12.2. The lowest BCUT2D eigenvalue weighted by atomic mass is 9.67. The third-order valence-electron chi connectivity index (χ3n) is 4.41. The zero-order valence-corrected chi connectivity index (χ0v) is 11.1. The van der Waals surface area contributed by atoms with E-state index in [9.17, 15) is 9.59 Å². The standard InChI is InChI=1S/C14H20O4/c1-4-18-12(15)9(2)14(13(16)17-3)8-10-5-6-11(14)7-10/h5-6,9-11H,4,7-8H2,1-3H3. The van der Waals surface area contributed by atoms with Crippen LogP contribution >= 0.6 is 0 Å². The number of hydrogen-bond donors (Lipinski definition) is 0. The molecule has 0 aliphatic heterocycles. The summed E-state index contributed by atoms with van der Waals surface area (Å²) in [6.45, 7) is 3.89. The molecule has 18 heavy (non-hydrogen) atoms. The van der Waals surface area contributed by atoms with Crippen molar-refractivity contribution in [3.05, 3.63) is 12.2 Å². The van der Waals surface area contributed by atoms with Crippen LogP contribution in [-0.2, 0) is 19.1 Å². The molecule has 0 N–H and O–H groups in total. The summed E-state index contributed by atoms with van der Waals surface area (Å²) in [4.78, 5) is 24.2. The lowest BCUT2D eigenvalue weighted by molar-refractivity contribution is -0.169. The van der Waals surface area contributed by atoms with Gasteiger partial charge in [0, 0.05) is 0 Å². The Morgan fingerprint density at radius 3 is 2.61 bits per heavy atom. The fraction of sp³-hybridized carbons (Fsp3) is 0.714. The molecule has 0 radical (unpaired) electrons. The predicted octanol–water partition coefficient (Wildman–Crippen LogP) is 1.94. The fourth-order valence-electron chi connectivity index (χ4n) is 3.47. The van der Waals surface area contributed by atoms with Crippen LogP contribution in [0.1, 0.15) is 26.7 Å². The van der Waals surface area contributed by atoms with E-state index < -0.39 is 11.3 Å². The van der Waals surface area contributed by atoms with Crippen LogP contribution in [0.25, 0.3) is 0 Å². The zero-order chi connectivity index (χ0) is 13.3. The third kappa shape index (κ3) is 1.74. The van der Waals surface area contributed by atoms with Gasteiger partial charge in [-0.05, 0) is 31.6 Å². The Labute approximate surface area is 107 Å². The molecule has 0 aromatic carbocycles. The topological polar surface area (TPSA) is 52.6 Å². The highest BCUT2D eigenvalue weighted by atomic mass is 16.5. The number of carbonyl (C=O) groups is 2. The SMILES string of the molecule is CCOC(=O)C(C)C1(C(=O)OC)CC2C=CC1C2. The molecule has 2 rings (SSSR count). The van der Waals surface area contributed by atoms with E-state index in [1.807, 2.05) is 0 Å². The summed E-state index contributed by atoms with van der Waals surface area (Å²) < 4.78 is 10.0. The van der Waals surface area contributed by atoms with Gasteiger partial charge in [-0.3, -0.25) is 9.59 Å². The van der Waals surface area contributed by atoms with Gasteiger partial charge in [-0.25, -0.2) is 0 Å². The normalized spacial score (nSPS) is 34.4. The van der Waals surface area contributed by atoms with E-state index in [1.54, 1.807) is 13.8 Å². The molecule has 0 heterocycles. The molecular weight excluding hydrogens is 232 g/mol. The average molecular weight is 252 g/mol. The van der Waals surface area contributed by atoms with Gasteiger partial charge < -0.3 is 9.47 Å². The number of esters is 2. The molecule has 2 aliphatic carbocycles. The van der Waals surface area contributed by atoms with E-state index in [2.05, 4.69) is 12.2 Å². The molecule has 0 aromatic rings. The van der Waals surface area contributed by atoms with E-state index >= 15 is 0 Å². The molecule has 0 spiro atoms. The Balaban J connectivity index is 2.29. The summed E-state index contributed by atoms with van der Waals surface area (Å²) in [5.41, 5.74) is -0.722. The Morgan fingerprint density at radius 2 is 2.17 bits per heavy atom. The molecular formula is C14H20O4. The quantitative estimate of drug-likeness (QED) is 0.567. The molecule has 1 saturated carbocycles. The second kappa shape index (κ2) is 4.75. The molecule has 0 amide bonds. The van der Waals surface area contributed by atoms with Crippen molar-refractivity contribution >= 4 is 11.9 Å². The van der Waals surface area contributed by atoms with E-state index in [4.69, 9.17) is 9.47 Å². The maximum Gasteiger partial charge on any atom is 0.313 e. The smallest absolute Gasteiger partial charge is 0.313 e. The van der Waals surface area contributed by atoms with Crippen LogP contribution in [0.2, 0.25) is 0 Å². The Hall–Kier alpha value is -1.32. The van der Waals surface area contributed by atoms with Crippen LogP contribution in [-0.4, -0.2) is 25.7 Å². The van der Waals surface area contributed by atoms with Crippen LogP contribution in [0.15, 0.2) is 12.2 Å². The van der Waals surface area contributed by atoms with E-state index in [1.165, 1.54) is 7.11 Å². The summed E-state index contributed by atoms with van der Waals surface area (Å²) >= 11 is 0. The van der Waals surface area contributed by atoms with Crippen LogP contribution in [0.3, 0.4) is 0 Å². The Bertz CT molecular complexity index is 387. The van der Waals surface area contributed by atoms with Crippen molar-refractivity contribution in [1.82, 2.24) is 0 Å². The van der Waals surface area contributed by atoms with Gasteiger partial charge in [-0.15, -0.1) is 0 Å². The van der Waals surface area contributed by atoms with Crippen molar-refractivity contribution in [2.75, 3.05) is 13.7 Å². The van der Waals surface area contributed by atoms with Gasteiger partial charge in [0.2, 0.25) is 0 Å². The molecule has 2 aliphatic rings. The van der Waals surface area contributed by atoms with Gasteiger partial charge in [0.05, 0.1) is 25.0 Å². The summed E-state index contributed by atoms with van der Waals surface area (Å²) in [5.74, 6) is -0.533. The number of ether oxygens (including phenoxy) is 2. The lowest BCUT2D eigenvalue weighted by Gasteiger charge is -2.36. The largest absolute Gasteiger partial charge is 0.469 e. The molecule has 4 unspecified atom stereocenters. The number of rotatable bonds is 4. The van der Waals surface area contributed by atoms with Gasteiger partial charge in [0.25, 0.3) is 0 Å². The summed E-state index contributed by atoms with van der Waals surface area (Å²) in [6.07, 6.45) is 5.84. The van der Waals surface area contributed by atoms with Crippen molar-refractivity contribution in [3.63, 3.8) is 0 Å². The van der Waals surface area contributed by atoms with Crippen LogP contribution in [0.4, 0.5) is 0 Å². The van der Waals surface area contributed by atoms with Gasteiger partial charge in [0.1, 0.15) is 0 Å². The molecule has 1 fully saturated rings. The highest BCUT2D eigenvalue weighted by Crippen LogP contribution is 2.56. The Kier molecular flexibility index (Phi) is 3.46. The highest BCUT2D eigenvalue weighted by molar-refractivity contribution is 5.86. The van der Waals surface area contributed by atoms with Crippen molar-refractivity contribution in [2.24, 2.45) is 23.2 Å². The van der Waals surface area contributed by atoms with E-state index in [-0.39, 0.29) is 17.9 Å². The first-order valence-electron chi connectivity index (χ1n) is 6.49. The van der Waals surface area contributed by atoms with Gasteiger partial charge in [-0.1, -0.05) is 19.1 Å². The molecule has 4 nitrogen and oxygen atoms in total. The number of fused-ring (bicyclic) bond motifs is 2. The molecule has 4 atom stereocenters. The van der Waals surface area contributed by atoms with E-state index in [0.717, 1.165) is 6.42 Å². The molecule has 0 aromatic heterocycles. The molecule has 100 valence electrons. The zero-order valence-electron chi connectivity index (χ0n) is 11.1. The number of hydrogen-bond acceptors (Lipinski definition) is 4.